The molecule has 1 unspecified atom stereocenters. The predicted molar refractivity (Wildman–Crippen MR) is 126 cm³/mol. The monoisotopic (exact) mass is 440 g/mol. The van der Waals surface area contributed by atoms with Crippen LogP contribution in [0.2, 0.25) is 0 Å². The summed E-state index contributed by atoms with van der Waals surface area (Å²) < 4.78 is 8.02. The summed E-state index contributed by atoms with van der Waals surface area (Å²) in [7, 11) is 0. The van der Waals surface area contributed by atoms with Crippen LogP contribution in [0.1, 0.15) is 30.3 Å². The number of hydrogen-bond donors (Lipinski definition) is 1. The number of nitrogens with zero attached hydrogens (tertiary/aromatic N) is 4. The molecule has 0 bridgehead atoms. The molecule has 1 amide bonds. The highest BCUT2D eigenvalue weighted by molar-refractivity contribution is 6.13. The van der Waals surface area contributed by atoms with Gasteiger partial charge in [0.2, 0.25) is 5.91 Å². The first-order chi connectivity index (χ1) is 16.1. The number of hydrogen-bond acceptors (Lipinski definition) is 5. The van der Waals surface area contributed by atoms with Crippen LogP contribution >= 0.6 is 0 Å². The van der Waals surface area contributed by atoms with Crippen molar-refractivity contribution in [3.05, 3.63) is 90.9 Å². The van der Waals surface area contributed by atoms with Crippen molar-refractivity contribution < 1.29 is 14.1 Å². The van der Waals surface area contributed by atoms with Crippen molar-refractivity contribution in [2.75, 3.05) is 18.8 Å². The first kappa shape index (κ1) is 20.9. The zero-order valence-electron chi connectivity index (χ0n) is 18.3. The molecule has 3 aromatic rings. The van der Waals surface area contributed by atoms with Gasteiger partial charge >= 0.3 is 0 Å². The fraction of sp³-hybridized carbons (Fsp3) is 0.231. The van der Waals surface area contributed by atoms with Gasteiger partial charge in [-0.15, -0.1) is 0 Å². The molecule has 5 rings (SSSR count). The molecule has 1 aromatic heterocycles. The minimum Gasteiger partial charge on any atom is -0.457 e. The largest absolute Gasteiger partial charge is 0.457 e. The van der Waals surface area contributed by atoms with Gasteiger partial charge in [0, 0.05) is 18.7 Å². The van der Waals surface area contributed by atoms with E-state index < -0.39 is 0 Å². The number of anilines is 1. The molecule has 2 atom stereocenters. The van der Waals surface area contributed by atoms with Gasteiger partial charge < -0.3 is 15.4 Å². The molecule has 7 heteroatoms. The topological polar surface area (TPSA) is 84.7 Å². The van der Waals surface area contributed by atoms with Gasteiger partial charge in [0.15, 0.2) is 12.0 Å². The summed E-state index contributed by atoms with van der Waals surface area (Å²) in [6, 6.07) is 17.5. The second-order valence-corrected chi connectivity index (χ2v) is 8.29. The Labute approximate surface area is 192 Å². The van der Waals surface area contributed by atoms with Crippen molar-refractivity contribution in [2.24, 2.45) is 10.9 Å². The normalized spacial score (nSPS) is 19.5. The van der Waals surface area contributed by atoms with Crippen LogP contribution in [0.25, 0.3) is 0 Å². The van der Waals surface area contributed by atoms with Gasteiger partial charge in [0.05, 0.1) is 12.1 Å². The van der Waals surface area contributed by atoms with Crippen molar-refractivity contribution in [1.29, 1.82) is 0 Å². The molecule has 0 spiro atoms. The van der Waals surface area contributed by atoms with E-state index in [1.165, 1.54) is 6.08 Å². The van der Waals surface area contributed by atoms with Crippen LogP contribution in [0.15, 0.2) is 84.6 Å². The molecule has 2 aromatic carbocycles. The molecule has 1 saturated heterocycles. The molecule has 2 N–H and O–H groups in total. The number of aliphatic imine (C=N–C) groups is 1. The number of aromatic nitrogens is 2. The molecule has 2 aliphatic rings. The highest BCUT2D eigenvalue weighted by atomic mass is 16.5. The molecule has 7 nitrogen and oxygen atoms in total. The van der Waals surface area contributed by atoms with Crippen LogP contribution in [0.5, 0.6) is 11.5 Å². The Bertz CT molecular complexity index is 1210. The fourth-order valence-electron chi connectivity index (χ4n) is 4.60. The van der Waals surface area contributed by atoms with E-state index in [9.17, 15) is 4.79 Å². The van der Waals surface area contributed by atoms with Crippen molar-refractivity contribution in [1.82, 2.24) is 9.88 Å². The number of para-hydroxylation sites is 1. The van der Waals surface area contributed by atoms with Gasteiger partial charge in [0.1, 0.15) is 17.2 Å². The lowest BCUT2D eigenvalue weighted by molar-refractivity contribution is -0.724. The zero-order chi connectivity index (χ0) is 22.8. The van der Waals surface area contributed by atoms with E-state index in [2.05, 4.69) is 16.1 Å². The number of amides is 1. The Morgan fingerprint density at radius 2 is 1.91 bits per heavy atom. The summed E-state index contributed by atoms with van der Waals surface area (Å²) in [5, 5.41) is 0. The number of ether oxygens (including phenoxy) is 1. The van der Waals surface area contributed by atoms with Crippen LogP contribution in [0.3, 0.4) is 0 Å². The fourth-order valence-corrected chi connectivity index (χ4v) is 4.60. The molecule has 166 valence electrons. The van der Waals surface area contributed by atoms with E-state index in [1.807, 2.05) is 65.7 Å². The smallest absolute Gasteiger partial charge is 0.276 e. The van der Waals surface area contributed by atoms with Gasteiger partial charge in [-0.1, -0.05) is 24.8 Å². The Morgan fingerprint density at radius 1 is 1.15 bits per heavy atom. The zero-order valence-corrected chi connectivity index (χ0v) is 18.3. The Balaban J connectivity index is 1.45. The highest BCUT2D eigenvalue weighted by Gasteiger charge is 2.42. The second-order valence-electron chi connectivity index (χ2n) is 8.29. The number of carbonyl (C=O) groups excluding carboxylic acids is 1. The Kier molecular flexibility index (Phi) is 5.60. The number of fused-ring (bicyclic) bond motifs is 1. The van der Waals surface area contributed by atoms with Crippen LogP contribution < -0.4 is 15.0 Å². The second kappa shape index (κ2) is 8.86. The van der Waals surface area contributed by atoms with E-state index >= 15 is 0 Å². The molecule has 2 aliphatic heterocycles. The SMILES string of the molecule is C=CC(=O)N1CCC[C@@H](C2N=C(c3ccc(Oc4ccccc4)cc3)c3c(N)ncc[n+]32)C1. The first-order valence-electron chi connectivity index (χ1n) is 11.1. The lowest BCUT2D eigenvalue weighted by Gasteiger charge is -2.32. The Hall–Kier alpha value is -4.00. The van der Waals surface area contributed by atoms with Crippen molar-refractivity contribution in [3.63, 3.8) is 0 Å². The number of nitrogens with two attached hydrogens (primary N) is 1. The average molecular weight is 441 g/mol. The lowest BCUT2D eigenvalue weighted by Crippen LogP contribution is -2.49. The van der Waals surface area contributed by atoms with Crippen molar-refractivity contribution in [3.8, 4) is 11.5 Å². The average Bonchev–Trinajstić information content (AvgIpc) is 3.26. The third-order valence-corrected chi connectivity index (χ3v) is 6.18. The Morgan fingerprint density at radius 3 is 2.67 bits per heavy atom. The molecule has 0 radical (unpaired) electrons. The van der Waals surface area contributed by atoms with Gasteiger partial charge in [-0.25, -0.2) is 9.98 Å². The highest BCUT2D eigenvalue weighted by Crippen LogP contribution is 2.32. The third-order valence-electron chi connectivity index (χ3n) is 6.18. The van der Waals surface area contributed by atoms with Crippen LogP contribution in [-0.4, -0.2) is 34.6 Å². The molecule has 1 fully saturated rings. The minimum atomic E-state index is -0.138. The maximum atomic E-state index is 12.2. The lowest BCUT2D eigenvalue weighted by atomic mass is 9.95. The maximum Gasteiger partial charge on any atom is 0.276 e. The molecular formula is C26H26N5O2+. The van der Waals surface area contributed by atoms with Crippen LogP contribution in [-0.2, 0) is 4.79 Å². The number of carbonyl (C=O) groups is 1. The van der Waals surface area contributed by atoms with Gasteiger partial charge in [0.25, 0.3) is 11.9 Å². The molecular weight excluding hydrogens is 414 g/mol. The number of nitrogen functional groups attached to an aromatic ring is 1. The van der Waals surface area contributed by atoms with Gasteiger partial charge in [-0.3, -0.25) is 4.79 Å². The first-order valence-corrected chi connectivity index (χ1v) is 11.1. The minimum absolute atomic E-state index is 0.0321. The summed E-state index contributed by atoms with van der Waals surface area (Å²) in [6.45, 7) is 5.03. The van der Waals surface area contributed by atoms with Crippen molar-refractivity contribution >= 4 is 17.4 Å². The molecule has 3 heterocycles. The molecule has 0 saturated carbocycles. The molecule has 33 heavy (non-hydrogen) atoms. The van der Waals surface area contributed by atoms with Crippen LogP contribution in [0, 0.1) is 5.92 Å². The third kappa shape index (κ3) is 4.09. The van der Waals surface area contributed by atoms with E-state index in [0.717, 1.165) is 47.9 Å². The summed E-state index contributed by atoms with van der Waals surface area (Å²) in [5.74, 6) is 2.13. The van der Waals surface area contributed by atoms with Crippen molar-refractivity contribution in [2.45, 2.75) is 19.0 Å². The summed E-state index contributed by atoms with van der Waals surface area (Å²) in [4.78, 5) is 23.5. The van der Waals surface area contributed by atoms with Crippen LogP contribution in [0.4, 0.5) is 5.82 Å². The number of benzene rings is 2. The standard InChI is InChI=1S/C26H26N5O2/c1-2-22(32)30-15-6-7-19(17-30)26-29-23(24-25(27)28-14-16-31(24)26)18-10-12-21(13-11-18)33-20-8-4-3-5-9-20/h2-5,8-14,16,19,26H,1,6-7,15,17H2,(H2,27,28)/q+1/t19-,26?/m1/s1. The van der Waals surface area contributed by atoms with Gasteiger partial charge in [-0.05, 0) is 55.3 Å². The quantitative estimate of drug-likeness (QED) is 0.486. The maximum absolute atomic E-state index is 12.2. The number of piperidine rings is 1. The number of likely N-dealkylation sites (tertiary alicyclic amines) is 1. The summed E-state index contributed by atoms with van der Waals surface area (Å²) in [5.41, 5.74) is 8.87. The number of rotatable bonds is 5. The van der Waals surface area contributed by atoms with E-state index in [0.29, 0.717) is 12.4 Å². The van der Waals surface area contributed by atoms with E-state index in [4.69, 9.17) is 15.5 Å². The van der Waals surface area contributed by atoms with Gasteiger partial charge in [-0.2, -0.15) is 4.57 Å². The van der Waals surface area contributed by atoms with E-state index in [-0.39, 0.29) is 18.0 Å². The predicted octanol–water partition coefficient (Wildman–Crippen LogP) is 3.52. The summed E-state index contributed by atoms with van der Waals surface area (Å²) >= 11 is 0. The molecule has 0 aliphatic carbocycles. The summed E-state index contributed by atoms with van der Waals surface area (Å²) in [6.07, 6.45) is 6.80. The van der Waals surface area contributed by atoms with E-state index in [1.54, 1.807) is 6.20 Å².